The maximum absolute atomic E-state index is 5.97. The van der Waals surface area contributed by atoms with Crippen molar-refractivity contribution < 1.29 is 9.47 Å². The predicted octanol–water partition coefficient (Wildman–Crippen LogP) is 1.95. The van der Waals surface area contributed by atoms with Crippen LogP contribution >= 0.6 is 0 Å². The number of ether oxygens (including phenoxy) is 2. The van der Waals surface area contributed by atoms with Crippen LogP contribution in [0.3, 0.4) is 0 Å². The highest BCUT2D eigenvalue weighted by Crippen LogP contribution is 2.44. The van der Waals surface area contributed by atoms with Gasteiger partial charge in [-0.15, -0.1) is 0 Å². The molecule has 16 heavy (non-hydrogen) atoms. The van der Waals surface area contributed by atoms with Crippen LogP contribution in [0.5, 0.6) is 0 Å². The second kappa shape index (κ2) is 4.63. The zero-order chi connectivity index (χ0) is 11.6. The Morgan fingerprint density at radius 1 is 1.38 bits per heavy atom. The molecule has 0 amide bonds. The fourth-order valence-electron chi connectivity index (χ4n) is 3.13. The van der Waals surface area contributed by atoms with Gasteiger partial charge in [0.25, 0.3) is 0 Å². The predicted molar refractivity (Wildman–Crippen MR) is 64.3 cm³/mol. The lowest BCUT2D eigenvalue weighted by Crippen LogP contribution is -2.44. The molecule has 0 aromatic carbocycles. The van der Waals surface area contributed by atoms with E-state index in [0.717, 1.165) is 51.5 Å². The van der Waals surface area contributed by atoms with Crippen LogP contribution in [-0.2, 0) is 9.47 Å². The first-order valence-electron chi connectivity index (χ1n) is 6.50. The molecule has 94 valence electrons. The van der Waals surface area contributed by atoms with Crippen molar-refractivity contribution in [3.05, 3.63) is 0 Å². The molecule has 0 aromatic heterocycles. The molecule has 0 aromatic rings. The normalized spacial score (nSPS) is 35.8. The topological polar surface area (TPSA) is 44.5 Å². The van der Waals surface area contributed by atoms with Crippen molar-refractivity contribution >= 4 is 0 Å². The first-order valence-corrected chi connectivity index (χ1v) is 6.50. The second-order valence-electron chi connectivity index (χ2n) is 6.05. The van der Waals surface area contributed by atoms with Gasteiger partial charge in [-0.2, -0.15) is 0 Å². The second-order valence-corrected chi connectivity index (χ2v) is 6.05. The van der Waals surface area contributed by atoms with Gasteiger partial charge in [-0.1, -0.05) is 13.8 Å². The Morgan fingerprint density at radius 2 is 2.19 bits per heavy atom. The van der Waals surface area contributed by atoms with Gasteiger partial charge < -0.3 is 15.2 Å². The Labute approximate surface area is 98.7 Å². The molecule has 0 radical (unpaired) electrons. The standard InChI is InChI=1S/C13H25NO2/c1-12(2,4-6-14)11-3-7-16-13(9-11)5-8-15-10-13/h11H,3-10,14H2,1-2H3. The van der Waals surface area contributed by atoms with E-state index >= 15 is 0 Å². The van der Waals surface area contributed by atoms with Gasteiger partial charge in [0.2, 0.25) is 0 Å². The van der Waals surface area contributed by atoms with E-state index < -0.39 is 0 Å². The van der Waals surface area contributed by atoms with Crippen LogP contribution in [0, 0.1) is 11.3 Å². The third-order valence-corrected chi connectivity index (χ3v) is 4.45. The molecule has 2 aliphatic heterocycles. The molecule has 0 aliphatic carbocycles. The van der Waals surface area contributed by atoms with Gasteiger partial charge in [0, 0.05) is 19.6 Å². The Bertz CT molecular complexity index is 234. The summed E-state index contributed by atoms with van der Waals surface area (Å²) in [5.74, 6) is 0.728. The van der Waals surface area contributed by atoms with Crippen molar-refractivity contribution in [1.29, 1.82) is 0 Å². The highest BCUT2D eigenvalue weighted by molar-refractivity contribution is 4.94. The minimum Gasteiger partial charge on any atom is -0.378 e. The van der Waals surface area contributed by atoms with Crippen molar-refractivity contribution in [3.63, 3.8) is 0 Å². The molecule has 2 rings (SSSR count). The molecule has 2 saturated heterocycles. The fourth-order valence-corrected chi connectivity index (χ4v) is 3.13. The van der Waals surface area contributed by atoms with Gasteiger partial charge in [0.1, 0.15) is 0 Å². The highest BCUT2D eigenvalue weighted by Gasteiger charge is 2.44. The van der Waals surface area contributed by atoms with E-state index in [1.165, 1.54) is 6.42 Å². The zero-order valence-corrected chi connectivity index (χ0v) is 10.6. The first-order chi connectivity index (χ1) is 7.58. The molecular weight excluding hydrogens is 202 g/mol. The minimum absolute atomic E-state index is 0.0365. The summed E-state index contributed by atoms with van der Waals surface area (Å²) >= 11 is 0. The van der Waals surface area contributed by atoms with E-state index in [2.05, 4.69) is 13.8 Å². The Morgan fingerprint density at radius 3 is 2.81 bits per heavy atom. The third kappa shape index (κ3) is 2.41. The summed E-state index contributed by atoms with van der Waals surface area (Å²) in [5, 5.41) is 0. The largest absolute Gasteiger partial charge is 0.378 e. The highest BCUT2D eigenvalue weighted by atomic mass is 16.6. The Balaban J connectivity index is 2.00. The van der Waals surface area contributed by atoms with Crippen molar-refractivity contribution in [2.75, 3.05) is 26.4 Å². The minimum atomic E-state index is 0.0365. The summed E-state index contributed by atoms with van der Waals surface area (Å²) in [4.78, 5) is 0. The number of hydrogen-bond donors (Lipinski definition) is 1. The molecule has 2 N–H and O–H groups in total. The maximum atomic E-state index is 5.97. The maximum Gasteiger partial charge on any atom is 0.0939 e. The number of nitrogens with two attached hydrogens (primary N) is 1. The van der Waals surface area contributed by atoms with Crippen LogP contribution in [0.4, 0.5) is 0 Å². The summed E-state index contributed by atoms with van der Waals surface area (Å²) in [6.07, 6.45) is 4.51. The van der Waals surface area contributed by atoms with Crippen molar-refractivity contribution in [3.8, 4) is 0 Å². The van der Waals surface area contributed by atoms with Crippen molar-refractivity contribution in [2.24, 2.45) is 17.1 Å². The van der Waals surface area contributed by atoms with E-state index in [0.29, 0.717) is 5.41 Å². The summed E-state index contributed by atoms with van der Waals surface area (Å²) < 4.78 is 11.5. The lowest BCUT2D eigenvalue weighted by atomic mass is 9.68. The van der Waals surface area contributed by atoms with Crippen molar-refractivity contribution in [1.82, 2.24) is 0 Å². The van der Waals surface area contributed by atoms with Crippen LogP contribution in [0.2, 0.25) is 0 Å². The van der Waals surface area contributed by atoms with Gasteiger partial charge in [0.15, 0.2) is 0 Å². The van der Waals surface area contributed by atoms with Crippen LogP contribution in [0.15, 0.2) is 0 Å². The van der Waals surface area contributed by atoms with Gasteiger partial charge in [-0.05, 0) is 37.1 Å². The first kappa shape index (κ1) is 12.3. The molecular formula is C13H25NO2. The molecule has 2 aliphatic rings. The van der Waals surface area contributed by atoms with E-state index in [9.17, 15) is 0 Å². The van der Waals surface area contributed by atoms with E-state index in [-0.39, 0.29) is 5.60 Å². The Kier molecular flexibility index (Phi) is 3.57. The van der Waals surface area contributed by atoms with E-state index in [1.54, 1.807) is 0 Å². The zero-order valence-electron chi connectivity index (χ0n) is 10.6. The molecule has 2 unspecified atom stereocenters. The van der Waals surface area contributed by atoms with E-state index in [4.69, 9.17) is 15.2 Å². The number of rotatable bonds is 3. The molecule has 2 fully saturated rings. The average molecular weight is 227 g/mol. The monoisotopic (exact) mass is 227 g/mol. The quantitative estimate of drug-likeness (QED) is 0.801. The molecule has 2 atom stereocenters. The van der Waals surface area contributed by atoms with Gasteiger partial charge in [-0.3, -0.25) is 0 Å². The van der Waals surface area contributed by atoms with Crippen LogP contribution in [0.25, 0.3) is 0 Å². The average Bonchev–Trinajstić information content (AvgIpc) is 2.66. The summed E-state index contributed by atoms with van der Waals surface area (Å²) in [6, 6.07) is 0. The molecule has 0 bridgehead atoms. The van der Waals surface area contributed by atoms with Gasteiger partial charge >= 0.3 is 0 Å². The van der Waals surface area contributed by atoms with Crippen molar-refractivity contribution in [2.45, 2.75) is 45.1 Å². The SMILES string of the molecule is CC(C)(CCN)C1CCOC2(CCOC2)C1. The number of hydrogen-bond acceptors (Lipinski definition) is 3. The summed E-state index contributed by atoms with van der Waals surface area (Å²) in [7, 11) is 0. The molecule has 3 nitrogen and oxygen atoms in total. The fraction of sp³-hybridized carbons (Fsp3) is 1.00. The molecule has 1 spiro atoms. The molecule has 2 heterocycles. The Hall–Kier alpha value is -0.120. The molecule has 3 heteroatoms. The third-order valence-electron chi connectivity index (χ3n) is 4.45. The lowest BCUT2D eigenvalue weighted by Gasteiger charge is -2.44. The van der Waals surface area contributed by atoms with Crippen LogP contribution < -0.4 is 5.73 Å². The lowest BCUT2D eigenvalue weighted by molar-refractivity contribution is -0.116. The summed E-state index contributed by atoms with van der Waals surface area (Å²) in [6.45, 7) is 8.03. The summed E-state index contributed by atoms with van der Waals surface area (Å²) in [5.41, 5.74) is 6.09. The van der Waals surface area contributed by atoms with Crippen LogP contribution in [-0.4, -0.2) is 32.0 Å². The van der Waals surface area contributed by atoms with E-state index in [1.807, 2.05) is 0 Å². The molecule has 0 saturated carbocycles. The van der Waals surface area contributed by atoms with Crippen LogP contribution in [0.1, 0.15) is 39.5 Å². The van der Waals surface area contributed by atoms with Gasteiger partial charge in [0.05, 0.1) is 12.2 Å². The van der Waals surface area contributed by atoms with Gasteiger partial charge in [-0.25, -0.2) is 0 Å². The smallest absolute Gasteiger partial charge is 0.0939 e.